The fourth-order valence-corrected chi connectivity index (χ4v) is 1.66. The highest BCUT2D eigenvalue weighted by Crippen LogP contribution is 2.22. The van der Waals surface area contributed by atoms with E-state index >= 15 is 0 Å². The number of rotatable bonds is 4. The first kappa shape index (κ1) is 12.2. The van der Waals surface area contributed by atoms with Crippen molar-refractivity contribution in [3.63, 3.8) is 0 Å². The Morgan fingerprint density at radius 3 is 2.83 bits per heavy atom. The van der Waals surface area contributed by atoms with Crippen molar-refractivity contribution in [3.05, 3.63) is 42.2 Å². The molecule has 0 atom stereocenters. The third kappa shape index (κ3) is 2.68. The van der Waals surface area contributed by atoms with Gasteiger partial charge in [-0.3, -0.25) is 4.98 Å². The molecule has 0 fully saturated rings. The summed E-state index contributed by atoms with van der Waals surface area (Å²) in [5.74, 6) is 1.26. The van der Waals surface area contributed by atoms with Gasteiger partial charge in [0.15, 0.2) is 0 Å². The van der Waals surface area contributed by atoms with Gasteiger partial charge >= 0.3 is 0 Å². The van der Waals surface area contributed by atoms with Crippen molar-refractivity contribution in [2.75, 3.05) is 24.8 Å². The largest absolute Gasteiger partial charge is 0.479 e. The maximum atomic E-state index is 5.74. The zero-order chi connectivity index (χ0) is 13.0. The molecule has 2 heterocycles. The van der Waals surface area contributed by atoms with E-state index in [1.165, 1.54) is 0 Å². The number of nitrogens with two attached hydrogens (primary N) is 1. The molecule has 0 aliphatic heterocycles. The van der Waals surface area contributed by atoms with Gasteiger partial charge in [0.1, 0.15) is 5.82 Å². The van der Waals surface area contributed by atoms with Gasteiger partial charge in [0, 0.05) is 26.0 Å². The average molecular weight is 244 g/mol. The fraction of sp³-hybridized carbons (Fsp3) is 0.231. The minimum atomic E-state index is 0.450. The van der Waals surface area contributed by atoms with Gasteiger partial charge in [-0.05, 0) is 23.8 Å². The Hall–Kier alpha value is -2.30. The Bertz CT molecular complexity index is 516. The Morgan fingerprint density at radius 1 is 1.33 bits per heavy atom. The summed E-state index contributed by atoms with van der Waals surface area (Å²) in [4.78, 5) is 10.4. The first-order valence-corrected chi connectivity index (χ1v) is 5.61. The number of aromatic nitrogens is 2. The van der Waals surface area contributed by atoms with Crippen LogP contribution in [0.15, 0.2) is 36.7 Å². The SMILES string of the molecule is COc1nc(N(C)Cc2cccnc2)ccc1N. The van der Waals surface area contributed by atoms with Crippen LogP contribution in [0.1, 0.15) is 5.56 Å². The molecule has 94 valence electrons. The lowest BCUT2D eigenvalue weighted by Gasteiger charge is -2.18. The number of hydrogen-bond acceptors (Lipinski definition) is 5. The first-order chi connectivity index (χ1) is 8.70. The molecular formula is C13H16N4O. The molecule has 2 rings (SSSR count). The second kappa shape index (κ2) is 5.35. The average Bonchev–Trinajstić information content (AvgIpc) is 2.40. The van der Waals surface area contributed by atoms with Crippen LogP contribution in [0, 0.1) is 0 Å². The normalized spacial score (nSPS) is 10.1. The topological polar surface area (TPSA) is 64.3 Å². The van der Waals surface area contributed by atoms with Crippen molar-refractivity contribution < 1.29 is 4.74 Å². The van der Waals surface area contributed by atoms with Gasteiger partial charge in [-0.25, -0.2) is 0 Å². The molecular weight excluding hydrogens is 228 g/mol. The van der Waals surface area contributed by atoms with Gasteiger partial charge in [0.25, 0.3) is 0 Å². The fourth-order valence-electron chi connectivity index (χ4n) is 1.66. The molecule has 0 radical (unpaired) electrons. The van der Waals surface area contributed by atoms with Crippen LogP contribution in [0.3, 0.4) is 0 Å². The van der Waals surface area contributed by atoms with E-state index in [1.807, 2.05) is 36.3 Å². The van der Waals surface area contributed by atoms with Crippen molar-refractivity contribution in [2.45, 2.75) is 6.54 Å². The summed E-state index contributed by atoms with van der Waals surface area (Å²) in [6.07, 6.45) is 3.60. The molecule has 2 aromatic rings. The van der Waals surface area contributed by atoms with E-state index in [2.05, 4.69) is 9.97 Å². The van der Waals surface area contributed by atoms with E-state index in [4.69, 9.17) is 10.5 Å². The molecule has 0 spiro atoms. The predicted molar refractivity (Wildman–Crippen MR) is 71.5 cm³/mol. The molecule has 0 amide bonds. The number of anilines is 2. The van der Waals surface area contributed by atoms with Gasteiger partial charge in [0.2, 0.25) is 5.88 Å². The summed E-state index contributed by atoms with van der Waals surface area (Å²) in [6, 6.07) is 7.60. The highest BCUT2D eigenvalue weighted by atomic mass is 16.5. The number of ether oxygens (including phenoxy) is 1. The lowest BCUT2D eigenvalue weighted by Crippen LogP contribution is -2.18. The lowest BCUT2D eigenvalue weighted by atomic mass is 10.2. The smallest absolute Gasteiger partial charge is 0.238 e. The zero-order valence-electron chi connectivity index (χ0n) is 10.5. The van der Waals surface area contributed by atoms with E-state index in [9.17, 15) is 0 Å². The first-order valence-electron chi connectivity index (χ1n) is 5.61. The second-order valence-electron chi connectivity index (χ2n) is 3.99. The maximum absolute atomic E-state index is 5.74. The summed E-state index contributed by atoms with van der Waals surface area (Å²) in [5, 5.41) is 0. The van der Waals surface area contributed by atoms with E-state index < -0.39 is 0 Å². The number of pyridine rings is 2. The van der Waals surface area contributed by atoms with Gasteiger partial charge in [0.05, 0.1) is 12.8 Å². The van der Waals surface area contributed by atoms with Crippen LogP contribution in [-0.2, 0) is 6.54 Å². The van der Waals surface area contributed by atoms with Crippen molar-refractivity contribution in [1.82, 2.24) is 9.97 Å². The molecule has 2 aromatic heterocycles. The lowest BCUT2D eigenvalue weighted by molar-refractivity contribution is 0.400. The van der Waals surface area contributed by atoms with Crippen molar-refractivity contribution in [3.8, 4) is 5.88 Å². The second-order valence-corrected chi connectivity index (χ2v) is 3.99. The Kier molecular flexibility index (Phi) is 3.62. The molecule has 0 aliphatic rings. The van der Waals surface area contributed by atoms with Crippen LogP contribution in [0.4, 0.5) is 11.5 Å². The third-order valence-corrected chi connectivity index (χ3v) is 2.60. The maximum Gasteiger partial charge on any atom is 0.238 e. The number of methoxy groups -OCH3 is 1. The van der Waals surface area contributed by atoms with Crippen LogP contribution in [-0.4, -0.2) is 24.1 Å². The molecule has 0 saturated heterocycles. The molecule has 2 N–H and O–H groups in total. The quantitative estimate of drug-likeness (QED) is 0.886. The molecule has 0 unspecified atom stereocenters. The van der Waals surface area contributed by atoms with E-state index in [0.717, 1.165) is 17.9 Å². The Morgan fingerprint density at radius 2 is 2.17 bits per heavy atom. The zero-order valence-corrected chi connectivity index (χ0v) is 10.5. The van der Waals surface area contributed by atoms with Crippen LogP contribution in [0.25, 0.3) is 0 Å². The minimum absolute atomic E-state index is 0.450. The van der Waals surface area contributed by atoms with Crippen LogP contribution in [0.5, 0.6) is 5.88 Å². The molecule has 0 aromatic carbocycles. The molecule has 5 heteroatoms. The van der Waals surface area contributed by atoms with Crippen molar-refractivity contribution in [2.24, 2.45) is 0 Å². The molecule has 0 aliphatic carbocycles. The van der Waals surface area contributed by atoms with Gasteiger partial charge in [-0.1, -0.05) is 6.07 Å². The highest BCUT2D eigenvalue weighted by molar-refractivity contribution is 5.54. The van der Waals surface area contributed by atoms with Crippen LogP contribution in [0.2, 0.25) is 0 Å². The number of nitrogen functional groups attached to an aromatic ring is 1. The van der Waals surface area contributed by atoms with Gasteiger partial charge in [-0.15, -0.1) is 0 Å². The Balaban J connectivity index is 2.16. The molecule has 5 nitrogen and oxygen atoms in total. The van der Waals surface area contributed by atoms with E-state index in [0.29, 0.717) is 11.6 Å². The van der Waals surface area contributed by atoms with Gasteiger partial charge < -0.3 is 15.4 Å². The van der Waals surface area contributed by atoms with Crippen LogP contribution >= 0.6 is 0 Å². The molecule has 0 bridgehead atoms. The van der Waals surface area contributed by atoms with E-state index in [1.54, 1.807) is 19.4 Å². The molecule has 18 heavy (non-hydrogen) atoms. The monoisotopic (exact) mass is 244 g/mol. The third-order valence-electron chi connectivity index (χ3n) is 2.60. The minimum Gasteiger partial charge on any atom is -0.479 e. The summed E-state index contributed by atoms with van der Waals surface area (Å²) < 4.78 is 5.11. The highest BCUT2D eigenvalue weighted by Gasteiger charge is 2.07. The van der Waals surface area contributed by atoms with Crippen LogP contribution < -0.4 is 15.4 Å². The predicted octanol–water partition coefficient (Wildman–Crippen LogP) is 1.70. The number of nitrogens with zero attached hydrogens (tertiary/aromatic N) is 3. The Labute approximate surface area is 106 Å². The summed E-state index contributed by atoms with van der Waals surface area (Å²) in [5.41, 5.74) is 7.40. The van der Waals surface area contributed by atoms with Gasteiger partial charge in [-0.2, -0.15) is 4.98 Å². The summed E-state index contributed by atoms with van der Waals surface area (Å²) >= 11 is 0. The molecule has 0 saturated carbocycles. The number of hydrogen-bond donors (Lipinski definition) is 1. The summed E-state index contributed by atoms with van der Waals surface area (Å²) in [7, 11) is 3.52. The summed E-state index contributed by atoms with van der Waals surface area (Å²) in [6.45, 7) is 0.730. The van der Waals surface area contributed by atoms with Crippen molar-refractivity contribution in [1.29, 1.82) is 0 Å². The van der Waals surface area contributed by atoms with Crippen molar-refractivity contribution >= 4 is 11.5 Å². The standard InChI is InChI=1S/C13H16N4O/c1-17(9-10-4-3-7-15-8-10)12-6-5-11(14)13(16-12)18-2/h3-8H,9,14H2,1-2H3. The van der Waals surface area contributed by atoms with E-state index in [-0.39, 0.29) is 0 Å².